The fourth-order valence-electron chi connectivity index (χ4n) is 3.61. The van der Waals surface area contributed by atoms with E-state index in [4.69, 9.17) is 9.57 Å². The normalized spacial score (nSPS) is 18.6. The Bertz CT molecular complexity index is 1140. The molecule has 4 rings (SSSR count). The highest BCUT2D eigenvalue weighted by Crippen LogP contribution is 2.38. The number of aromatic nitrogens is 2. The van der Waals surface area contributed by atoms with Gasteiger partial charge in [-0.15, -0.1) is 0 Å². The van der Waals surface area contributed by atoms with Crippen molar-refractivity contribution in [3.63, 3.8) is 0 Å². The summed E-state index contributed by atoms with van der Waals surface area (Å²) in [7, 11) is -3.79. The molecule has 1 aromatic heterocycles. The van der Waals surface area contributed by atoms with Crippen LogP contribution in [0.15, 0.2) is 46.7 Å². The topological polar surface area (TPSA) is 143 Å². The number of amides is 1. The molecule has 2 aliphatic rings. The Balaban J connectivity index is 1.55. The fraction of sp³-hybridized carbons (Fsp3) is 0.478. The van der Waals surface area contributed by atoms with Gasteiger partial charge in [0.25, 0.3) is 5.91 Å². The number of rotatable bonds is 11. The minimum atomic E-state index is -3.79. The molecule has 2 heterocycles. The number of nitrogens with zero attached hydrogens (tertiary/aromatic N) is 4. The van der Waals surface area contributed by atoms with Gasteiger partial charge in [0.1, 0.15) is 0 Å². The highest BCUT2D eigenvalue weighted by Gasteiger charge is 2.26. The molecule has 0 unspecified atom stereocenters. The lowest BCUT2D eigenvalue weighted by atomic mass is 10.1. The molecule has 1 saturated heterocycles. The summed E-state index contributed by atoms with van der Waals surface area (Å²) in [4.78, 5) is 27.3. The van der Waals surface area contributed by atoms with Crippen LogP contribution in [0, 0.1) is 0 Å². The summed E-state index contributed by atoms with van der Waals surface area (Å²) in [5.74, 6) is 0.156. The number of oxime groups is 1. The van der Waals surface area contributed by atoms with Gasteiger partial charge in [0.15, 0.2) is 17.6 Å². The van der Waals surface area contributed by atoms with Crippen LogP contribution < -0.4 is 5.32 Å². The molecule has 0 spiro atoms. The number of nitrogens with one attached hydrogen (secondary N) is 1. The molecule has 1 saturated carbocycles. The molecular formula is C23H29N5O6S. The molecule has 1 aromatic carbocycles. The largest absolute Gasteiger partial charge is 0.395 e. The molecule has 2 fully saturated rings. The first-order valence-electron chi connectivity index (χ1n) is 11.6. The zero-order chi connectivity index (χ0) is 24.8. The zero-order valence-electron chi connectivity index (χ0n) is 19.5. The molecule has 1 aliphatic carbocycles. The standard InChI is InChI=1S/C23H29N5O6S/c1-2-28(10-11-29)35(31,32)19-7-5-17(6-8-19)22(27-34-18-9-12-33-15-18)23(30)26-21-14-24-20(13-25-21)16-3-4-16/h5-8,13-14,16,18,29H,2-4,9-12,15H2,1H3,(H,25,26,30)/t18-/m1/s1. The minimum absolute atomic E-state index is 0.00638. The first-order valence-corrected chi connectivity index (χ1v) is 13.0. The number of hydrogen-bond donors (Lipinski definition) is 2. The van der Waals surface area contributed by atoms with E-state index in [-0.39, 0.29) is 42.2 Å². The van der Waals surface area contributed by atoms with Crippen molar-refractivity contribution >= 4 is 27.5 Å². The van der Waals surface area contributed by atoms with Crippen LogP contribution in [0.4, 0.5) is 5.82 Å². The summed E-state index contributed by atoms with van der Waals surface area (Å²) in [5, 5.41) is 15.9. The maximum Gasteiger partial charge on any atom is 0.279 e. The molecule has 12 heteroatoms. The van der Waals surface area contributed by atoms with Gasteiger partial charge in [-0.3, -0.25) is 9.78 Å². The van der Waals surface area contributed by atoms with E-state index < -0.39 is 15.9 Å². The third kappa shape index (κ3) is 6.20. The Morgan fingerprint density at radius 2 is 2.00 bits per heavy atom. The molecule has 2 N–H and O–H groups in total. The van der Waals surface area contributed by atoms with E-state index in [1.165, 1.54) is 34.8 Å². The maximum absolute atomic E-state index is 13.1. The zero-order valence-corrected chi connectivity index (χ0v) is 20.3. The summed E-state index contributed by atoms with van der Waals surface area (Å²) in [6.07, 6.45) is 5.74. The van der Waals surface area contributed by atoms with Crippen LogP contribution in [0.3, 0.4) is 0 Å². The van der Waals surface area contributed by atoms with Gasteiger partial charge in [-0.1, -0.05) is 24.2 Å². The van der Waals surface area contributed by atoms with E-state index in [9.17, 15) is 18.3 Å². The average molecular weight is 504 g/mol. The third-order valence-corrected chi connectivity index (χ3v) is 7.76. The van der Waals surface area contributed by atoms with E-state index in [1.807, 2.05) is 0 Å². The van der Waals surface area contributed by atoms with Gasteiger partial charge in [0.05, 0.1) is 42.8 Å². The van der Waals surface area contributed by atoms with Crippen molar-refractivity contribution in [3.8, 4) is 0 Å². The molecule has 188 valence electrons. The summed E-state index contributed by atoms with van der Waals surface area (Å²) in [6, 6.07) is 5.79. The van der Waals surface area contributed by atoms with Crippen LogP contribution in [-0.4, -0.2) is 78.4 Å². The minimum Gasteiger partial charge on any atom is -0.395 e. The fourth-order valence-corrected chi connectivity index (χ4v) is 5.05. The Labute approximate surface area is 204 Å². The first-order chi connectivity index (χ1) is 16.9. The Kier molecular flexibility index (Phi) is 8.06. The maximum atomic E-state index is 13.1. The Hall–Kier alpha value is -2.93. The van der Waals surface area contributed by atoms with Gasteiger partial charge >= 0.3 is 0 Å². The summed E-state index contributed by atoms with van der Waals surface area (Å²) < 4.78 is 32.1. The number of carbonyl (C=O) groups is 1. The van der Waals surface area contributed by atoms with Gasteiger partial charge in [0.2, 0.25) is 10.0 Å². The van der Waals surface area contributed by atoms with E-state index in [0.29, 0.717) is 31.1 Å². The summed E-state index contributed by atoms with van der Waals surface area (Å²) in [6.45, 7) is 2.56. The van der Waals surface area contributed by atoms with Crippen LogP contribution in [0.5, 0.6) is 0 Å². The van der Waals surface area contributed by atoms with Crippen molar-refractivity contribution in [1.29, 1.82) is 0 Å². The highest BCUT2D eigenvalue weighted by molar-refractivity contribution is 7.89. The predicted molar refractivity (Wildman–Crippen MR) is 127 cm³/mol. The molecule has 1 aliphatic heterocycles. The number of sulfonamides is 1. The quantitative estimate of drug-likeness (QED) is 0.347. The number of anilines is 1. The smallest absolute Gasteiger partial charge is 0.279 e. The van der Waals surface area contributed by atoms with Crippen molar-refractivity contribution in [2.24, 2.45) is 5.16 Å². The second-order valence-electron chi connectivity index (χ2n) is 8.33. The molecular weight excluding hydrogens is 474 g/mol. The molecule has 0 bridgehead atoms. The van der Waals surface area contributed by atoms with Gasteiger partial charge in [0, 0.05) is 31.0 Å². The van der Waals surface area contributed by atoms with E-state index >= 15 is 0 Å². The summed E-state index contributed by atoms with van der Waals surface area (Å²) >= 11 is 0. The number of ether oxygens (including phenoxy) is 1. The first kappa shape index (κ1) is 25.2. The van der Waals surface area contributed by atoms with Gasteiger partial charge in [-0.05, 0) is 25.0 Å². The number of hydrogen-bond acceptors (Lipinski definition) is 9. The van der Waals surface area contributed by atoms with Crippen LogP contribution >= 0.6 is 0 Å². The lowest BCUT2D eigenvalue weighted by molar-refractivity contribution is -0.110. The lowest BCUT2D eigenvalue weighted by Gasteiger charge is -2.19. The van der Waals surface area contributed by atoms with E-state index in [1.54, 1.807) is 13.1 Å². The number of aliphatic hydroxyl groups excluding tert-OH is 1. The molecule has 0 radical (unpaired) electrons. The average Bonchev–Trinajstić information content (AvgIpc) is 3.58. The second kappa shape index (κ2) is 11.2. The van der Waals surface area contributed by atoms with E-state index in [0.717, 1.165) is 18.5 Å². The van der Waals surface area contributed by atoms with Crippen LogP contribution in [0.25, 0.3) is 0 Å². The Morgan fingerprint density at radius 3 is 2.57 bits per heavy atom. The second-order valence-corrected chi connectivity index (χ2v) is 10.3. The lowest BCUT2D eigenvalue weighted by Crippen LogP contribution is -2.33. The number of carbonyl (C=O) groups excluding carboxylic acids is 1. The van der Waals surface area contributed by atoms with Crippen LogP contribution in [0.1, 0.15) is 43.4 Å². The van der Waals surface area contributed by atoms with E-state index in [2.05, 4.69) is 20.4 Å². The van der Waals surface area contributed by atoms with Gasteiger partial charge in [-0.25, -0.2) is 13.4 Å². The van der Waals surface area contributed by atoms with Crippen LogP contribution in [0.2, 0.25) is 0 Å². The van der Waals surface area contributed by atoms with Gasteiger partial charge in [-0.2, -0.15) is 4.31 Å². The summed E-state index contributed by atoms with van der Waals surface area (Å²) in [5.41, 5.74) is 1.24. The molecule has 1 amide bonds. The van der Waals surface area contributed by atoms with Crippen molar-refractivity contribution in [3.05, 3.63) is 47.9 Å². The van der Waals surface area contributed by atoms with Crippen molar-refractivity contribution in [2.45, 2.75) is 43.1 Å². The third-order valence-electron chi connectivity index (χ3n) is 5.77. The van der Waals surface area contributed by atoms with Crippen molar-refractivity contribution < 1.29 is 27.9 Å². The molecule has 1 atom stereocenters. The van der Waals surface area contributed by atoms with Crippen LogP contribution in [-0.2, 0) is 24.4 Å². The molecule has 35 heavy (non-hydrogen) atoms. The number of likely N-dealkylation sites (N-methyl/N-ethyl adjacent to an activating group) is 1. The Morgan fingerprint density at radius 1 is 1.23 bits per heavy atom. The highest BCUT2D eigenvalue weighted by atomic mass is 32.2. The molecule has 11 nitrogen and oxygen atoms in total. The predicted octanol–water partition coefficient (Wildman–Crippen LogP) is 1.51. The monoisotopic (exact) mass is 503 g/mol. The van der Waals surface area contributed by atoms with Gasteiger partial charge < -0.3 is 20.0 Å². The SMILES string of the molecule is CCN(CCO)S(=O)(=O)c1ccc(C(=NO[C@@H]2CCOC2)C(=O)Nc2cnc(C3CC3)cn2)cc1. The molecule has 2 aromatic rings. The number of aliphatic hydroxyl groups is 1. The van der Waals surface area contributed by atoms with Crippen molar-refractivity contribution in [1.82, 2.24) is 14.3 Å². The number of benzene rings is 1. The van der Waals surface area contributed by atoms with Crippen molar-refractivity contribution in [2.75, 3.05) is 38.2 Å².